The predicted octanol–water partition coefficient (Wildman–Crippen LogP) is 3.06. The highest BCUT2D eigenvalue weighted by atomic mass is 19.1. The second kappa shape index (κ2) is 7.64. The minimum absolute atomic E-state index is 0.0670. The zero-order valence-corrected chi connectivity index (χ0v) is 14.5. The Morgan fingerprint density at radius 3 is 2.35 bits per heavy atom. The van der Waals surface area contributed by atoms with E-state index < -0.39 is 5.82 Å². The summed E-state index contributed by atoms with van der Waals surface area (Å²) in [6.45, 7) is 3.36. The molecular formula is C20H20F2N2O2. The van der Waals surface area contributed by atoms with E-state index in [0.717, 1.165) is 0 Å². The molecule has 1 saturated heterocycles. The summed E-state index contributed by atoms with van der Waals surface area (Å²) in [6, 6.07) is 10.5. The molecule has 0 unspecified atom stereocenters. The van der Waals surface area contributed by atoms with E-state index in [1.807, 2.05) is 4.90 Å². The Balaban J connectivity index is 1.60. The van der Waals surface area contributed by atoms with Crippen LogP contribution in [0.4, 0.5) is 14.5 Å². The first kappa shape index (κ1) is 18.0. The summed E-state index contributed by atoms with van der Waals surface area (Å²) >= 11 is 0. The number of anilines is 1. The maximum absolute atomic E-state index is 14.3. The smallest absolute Gasteiger partial charge is 0.227 e. The molecule has 1 fully saturated rings. The lowest BCUT2D eigenvalue weighted by Crippen LogP contribution is -2.49. The molecule has 0 aromatic heterocycles. The Labute approximate surface area is 151 Å². The van der Waals surface area contributed by atoms with E-state index >= 15 is 0 Å². The predicted molar refractivity (Wildman–Crippen MR) is 95.3 cm³/mol. The van der Waals surface area contributed by atoms with Crippen LogP contribution in [0, 0.1) is 11.6 Å². The fourth-order valence-corrected chi connectivity index (χ4v) is 3.11. The Morgan fingerprint density at radius 2 is 1.73 bits per heavy atom. The Morgan fingerprint density at radius 1 is 1.00 bits per heavy atom. The summed E-state index contributed by atoms with van der Waals surface area (Å²) in [6.07, 6.45) is 0.152. The molecule has 1 aliphatic rings. The van der Waals surface area contributed by atoms with Gasteiger partial charge >= 0.3 is 0 Å². The number of ketones is 1. The first-order valence-electron chi connectivity index (χ1n) is 8.51. The normalized spacial score (nSPS) is 14.4. The highest BCUT2D eigenvalue weighted by molar-refractivity contribution is 5.94. The standard InChI is InChI=1S/C20H20F2N2O2/c1-14(25)16-5-6-19(18(22)13-16)23-7-9-24(10-8-23)20(26)12-15-3-2-4-17(21)11-15/h2-6,11,13H,7-10,12H2,1H3. The minimum atomic E-state index is -0.433. The SMILES string of the molecule is CC(=O)c1ccc(N2CCN(C(=O)Cc3cccc(F)c3)CC2)c(F)c1. The third kappa shape index (κ3) is 4.07. The summed E-state index contributed by atoms with van der Waals surface area (Å²) in [4.78, 5) is 27.3. The van der Waals surface area contributed by atoms with Crippen LogP contribution in [0.3, 0.4) is 0 Å². The van der Waals surface area contributed by atoms with Gasteiger partial charge in [-0.25, -0.2) is 8.78 Å². The Bertz CT molecular complexity index is 830. The molecule has 6 heteroatoms. The van der Waals surface area contributed by atoms with E-state index in [-0.39, 0.29) is 23.9 Å². The van der Waals surface area contributed by atoms with Gasteiger partial charge in [-0.1, -0.05) is 12.1 Å². The molecule has 0 saturated carbocycles. The number of hydrogen-bond acceptors (Lipinski definition) is 3. The van der Waals surface area contributed by atoms with Crippen LogP contribution in [0.25, 0.3) is 0 Å². The average molecular weight is 358 g/mol. The topological polar surface area (TPSA) is 40.6 Å². The van der Waals surface area contributed by atoms with E-state index in [9.17, 15) is 18.4 Å². The summed E-state index contributed by atoms with van der Waals surface area (Å²) in [5.41, 5.74) is 1.42. The number of carbonyl (C=O) groups is 2. The zero-order valence-electron chi connectivity index (χ0n) is 14.5. The van der Waals surface area contributed by atoms with Gasteiger partial charge in [-0.2, -0.15) is 0 Å². The monoisotopic (exact) mass is 358 g/mol. The lowest BCUT2D eigenvalue weighted by molar-refractivity contribution is -0.130. The van der Waals surface area contributed by atoms with Gasteiger partial charge in [-0.3, -0.25) is 9.59 Å². The molecule has 3 rings (SSSR count). The van der Waals surface area contributed by atoms with Gasteiger partial charge in [-0.05, 0) is 42.8 Å². The molecule has 0 aliphatic carbocycles. The number of nitrogens with zero attached hydrogens (tertiary/aromatic N) is 2. The Kier molecular flexibility index (Phi) is 5.30. The summed E-state index contributed by atoms with van der Waals surface area (Å²) in [7, 11) is 0. The number of Topliss-reactive ketones (excluding diaryl/α,β-unsaturated/α-hetero) is 1. The molecule has 1 amide bonds. The van der Waals surface area contributed by atoms with Crippen LogP contribution in [-0.4, -0.2) is 42.8 Å². The molecule has 0 bridgehead atoms. The molecule has 136 valence electrons. The summed E-state index contributed by atoms with van der Waals surface area (Å²) < 4.78 is 27.5. The van der Waals surface area contributed by atoms with Gasteiger partial charge < -0.3 is 9.80 Å². The number of benzene rings is 2. The zero-order chi connectivity index (χ0) is 18.7. The molecule has 1 heterocycles. The number of carbonyl (C=O) groups excluding carboxylic acids is 2. The second-order valence-electron chi connectivity index (χ2n) is 6.40. The van der Waals surface area contributed by atoms with E-state index in [1.165, 1.54) is 25.1 Å². The maximum atomic E-state index is 14.3. The molecule has 2 aromatic carbocycles. The van der Waals surface area contributed by atoms with E-state index in [2.05, 4.69) is 0 Å². The van der Waals surface area contributed by atoms with Crippen LogP contribution >= 0.6 is 0 Å². The maximum Gasteiger partial charge on any atom is 0.227 e. The van der Waals surface area contributed by atoms with Gasteiger partial charge in [0.2, 0.25) is 5.91 Å². The van der Waals surface area contributed by atoms with E-state index in [4.69, 9.17) is 0 Å². The molecule has 26 heavy (non-hydrogen) atoms. The molecule has 0 N–H and O–H groups in total. The van der Waals surface area contributed by atoms with Crippen molar-refractivity contribution < 1.29 is 18.4 Å². The molecule has 0 radical (unpaired) electrons. The van der Waals surface area contributed by atoms with Crippen molar-refractivity contribution in [2.24, 2.45) is 0 Å². The molecular weight excluding hydrogens is 338 g/mol. The number of halogens is 2. The van der Waals surface area contributed by atoms with Gasteiger partial charge in [0.1, 0.15) is 11.6 Å². The van der Waals surface area contributed by atoms with Crippen LogP contribution in [0.1, 0.15) is 22.8 Å². The van der Waals surface area contributed by atoms with Crippen molar-refractivity contribution in [2.75, 3.05) is 31.1 Å². The highest BCUT2D eigenvalue weighted by Gasteiger charge is 2.23. The second-order valence-corrected chi connectivity index (χ2v) is 6.40. The largest absolute Gasteiger partial charge is 0.366 e. The number of amides is 1. The summed E-state index contributed by atoms with van der Waals surface area (Å²) in [5.74, 6) is -1.03. The highest BCUT2D eigenvalue weighted by Crippen LogP contribution is 2.22. The molecule has 0 atom stereocenters. The minimum Gasteiger partial charge on any atom is -0.366 e. The lowest BCUT2D eigenvalue weighted by Gasteiger charge is -2.36. The number of piperazine rings is 1. The first-order valence-corrected chi connectivity index (χ1v) is 8.51. The van der Waals surface area contributed by atoms with Gasteiger partial charge in [0.05, 0.1) is 12.1 Å². The van der Waals surface area contributed by atoms with Gasteiger partial charge in [0.25, 0.3) is 0 Å². The number of hydrogen-bond donors (Lipinski definition) is 0. The van der Waals surface area contributed by atoms with Crippen molar-refractivity contribution >= 4 is 17.4 Å². The molecule has 0 spiro atoms. The molecule has 4 nitrogen and oxygen atoms in total. The first-order chi connectivity index (χ1) is 12.4. The van der Waals surface area contributed by atoms with Crippen molar-refractivity contribution in [3.8, 4) is 0 Å². The molecule has 1 aliphatic heterocycles. The average Bonchev–Trinajstić information content (AvgIpc) is 2.61. The third-order valence-corrected chi connectivity index (χ3v) is 4.57. The van der Waals surface area contributed by atoms with Crippen LogP contribution in [0.5, 0.6) is 0 Å². The van der Waals surface area contributed by atoms with Crippen LogP contribution in [0.2, 0.25) is 0 Å². The summed E-state index contributed by atoms with van der Waals surface area (Å²) in [5, 5.41) is 0. The van der Waals surface area contributed by atoms with Gasteiger partial charge in [0, 0.05) is 31.7 Å². The van der Waals surface area contributed by atoms with Crippen molar-refractivity contribution in [1.29, 1.82) is 0 Å². The van der Waals surface area contributed by atoms with Crippen LogP contribution < -0.4 is 4.90 Å². The van der Waals surface area contributed by atoms with Crippen molar-refractivity contribution in [3.63, 3.8) is 0 Å². The van der Waals surface area contributed by atoms with Crippen molar-refractivity contribution in [3.05, 3.63) is 65.2 Å². The Hall–Kier alpha value is -2.76. The fraction of sp³-hybridized carbons (Fsp3) is 0.300. The fourth-order valence-electron chi connectivity index (χ4n) is 3.11. The van der Waals surface area contributed by atoms with E-state index in [1.54, 1.807) is 29.2 Å². The van der Waals surface area contributed by atoms with Crippen LogP contribution in [-0.2, 0) is 11.2 Å². The third-order valence-electron chi connectivity index (χ3n) is 4.57. The van der Waals surface area contributed by atoms with Gasteiger partial charge in [0.15, 0.2) is 5.78 Å². The number of rotatable bonds is 4. The van der Waals surface area contributed by atoms with Gasteiger partial charge in [-0.15, -0.1) is 0 Å². The van der Waals surface area contributed by atoms with Crippen LogP contribution in [0.15, 0.2) is 42.5 Å². The quantitative estimate of drug-likeness (QED) is 0.789. The lowest BCUT2D eigenvalue weighted by atomic mass is 10.1. The van der Waals surface area contributed by atoms with Crippen molar-refractivity contribution in [2.45, 2.75) is 13.3 Å². The van der Waals surface area contributed by atoms with Crippen molar-refractivity contribution in [1.82, 2.24) is 4.90 Å². The molecule has 2 aromatic rings. The van der Waals surface area contributed by atoms with E-state index in [0.29, 0.717) is 43.0 Å².